The van der Waals surface area contributed by atoms with Crippen LogP contribution in [-0.4, -0.2) is 11.9 Å². The SMILES string of the molecule is CC(N)CCC(=O)Nc1cccc(C#N)c1. The Labute approximate surface area is 95.1 Å². The number of benzene rings is 1. The minimum atomic E-state index is -0.0765. The molecule has 0 heterocycles. The Bertz CT molecular complexity index is 407. The number of nitrogens with two attached hydrogens (primary N) is 1. The molecule has 1 aromatic rings. The van der Waals surface area contributed by atoms with E-state index in [4.69, 9.17) is 11.0 Å². The first-order valence-corrected chi connectivity index (χ1v) is 5.17. The molecule has 0 bridgehead atoms. The van der Waals surface area contributed by atoms with Gasteiger partial charge >= 0.3 is 0 Å². The molecule has 3 N–H and O–H groups in total. The summed E-state index contributed by atoms with van der Waals surface area (Å²) in [5.74, 6) is -0.0765. The van der Waals surface area contributed by atoms with E-state index in [-0.39, 0.29) is 11.9 Å². The average Bonchev–Trinajstić information content (AvgIpc) is 2.26. The fraction of sp³-hybridized carbons (Fsp3) is 0.333. The van der Waals surface area contributed by atoms with Gasteiger partial charge in [-0.15, -0.1) is 0 Å². The summed E-state index contributed by atoms with van der Waals surface area (Å²) in [5.41, 5.74) is 6.74. The van der Waals surface area contributed by atoms with Crippen molar-refractivity contribution in [3.8, 4) is 6.07 Å². The van der Waals surface area contributed by atoms with Crippen LogP contribution in [-0.2, 0) is 4.79 Å². The predicted octanol–water partition coefficient (Wildman–Crippen LogP) is 1.62. The molecule has 0 aliphatic heterocycles. The monoisotopic (exact) mass is 217 g/mol. The minimum Gasteiger partial charge on any atom is -0.328 e. The van der Waals surface area contributed by atoms with Crippen LogP contribution in [0.4, 0.5) is 5.69 Å². The summed E-state index contributed by atoms with van der Waals surface area (Å²) in [6.07, 6.45) is 1.05. The Balaban J connectivity index is 2.53. The first kappa shape index (κ1) is 12.2. The number of nitrogens with one attached hydrogen (secondary N) is 1. The maximum absolute atomic E-state index is 11.5. The molecule has 1 atom stereocenters. The molecule has 0 aromatic heterocycles. The zero-order valence-electron chi connectivity index (χ0n) is 9.23. The van der Waals surface area contributed by atoms with Crippen molar-refractivity contribution in [2.24, 2.45) is 5.73 Å². The highest BCUT2D eigenvalue weighted by atomic mass is 16.1. The largest absolute Gasteiger partial charge is 0.328 e. The predicted molar refractivity (Wildman–Crippen MR) is 62.7 cm³/mol. The van der Waals surface area contributed by atoms with Gasteiger partial charge in [-0.1, -0.05) is 6.07 Å². The van der Waals surface area contributed by atoms with Gasteiger partial charge in [0.05, 0.1) is 11.6 Å². The van der Waals surface area contributed by atoms with Gasteiger partial charge in [-0.25, -0.2) is 0 Å². The topological polar surface area (TPSA) is 78.9 Å². The lowest BCUT2D eigenvalue weighted by molar-refractivity contribution is -0.116. The Hall–Kier alpha value is -1.86. The van der Waals surface area contributed by atoms with Crippen molar-refractivity contribution in [2.45, 2.75) is 25.8 Å². The standard InChI is InChI=1S/C12H15N3O/c1-9(14)5-6-12(16)15-11-4-2-3-10(7-11)8-13/h2-4,7,9H,5-6,14H2,1H3,(H,15,16). The number of anilines is 1. The maximum atomic E-state index is 11.5. The number of nitrogens with zero attached hydrogens (tertiary/aromatic N) is 1. The molecule has 0 spiro atoms. The second kappa shape index (κ2) is 5.89. The Morgan fingerprint density at radius 2 is 2.38 bits per heavy atom. The molecule has 0 fully saturated rings. The number of hydrogen-bond donors (Lipinski definition) is 2. The van der Waals surface area contributed by atoms with Gasteiger partial charge in [-0.2, -0.15) is 5.26 Å². The zero-order valence-corrected chi connectivity index (χ0v) is 9.23. The minimum absolute atomic E-state index is 0.0243. The first-order valence-electron chi connectivity index (χ1n) is 5.17. The second-order valence-corrected chi connectivity index (χ2v) is 3.76. The van der Waals surface area contributed by atoms with Gasteiger partial charge < -0.3 is 11.1 Å². The van der Waals surface area contributed by atoms with Gasteiger partial charge in [0.15, 0.2) is 0 Å². The van der Waals surface area contributed by atoms with Crippen molar-refractivity contribution < 1.29 is 4.79 Å². The molecule has 4 nitrogen and oxygen atoms in total. The van der Waals surface area contributed by atoms with Crippen molar-refractivity contribution in [1.29, 1.82) is 5.26 Å². The summed E-state index contributed by atoms with van der Waals surface area (Å²) in [4.78, 5) is 11.5. The van der Waals surface area contributed by atoms with Gasteiger partial charge in [0.1, 0.15) is 0 Å². The van der Waals surface area contributed by atoms with E-state index < -0.39 is 0 Å². The van der Waals surface area contributed by atoms with Crippen molar-refractivity contribution in [3.63, 3.8) is 0 Å². The van der Waals surface area contributed by atoms with Crippen LogP contribution in [0, 0.1) is 11.3 Å². The van der Waals surface area contributed by atoms with Crippen molar-refractivity contribution in [2.75, 3.05) is 5.32 Å². The van der Waals surface area contributed by atoms with E-state index in [9.17, 15) is 4.79 Å². The molecule has 0 radical (unpaired) electrons. The third-order valence-corrected chi connectivity index (χ3v) is 2.10. The van der Waals surface area contributed by atoms with Gasteiger partial charge in [-0.05, 0) is 31.5 Å². The van der Waals surface area contributed by atoms with Crippen LogP contribution in [0.5, 0.6) is 0 Å². The van der Waals surface area contributed by atoms with Gasteiger partial charge in [0.2, 0.25) is 5.91 Å². The molecular formula is C12H15N3O. The van der Waals surface area contributed by atoms with Crippen molar-refractivity contribution in [1.82, 2.24) is 0 Å². The van der Waals surface area contributed by atoms with Crippen LogP contribution < -0.4 is 11.1 Å². The van der Waals surface area contributed by atoms with E-state index in [1.165, 1.54) is 0 Å². The second-order valence-electron chi connectivity index (χ2n) is 3.76. The van der Waals surface area contributed by atoms with Crippen LogP contribution in [0.1, 0.15) is 25.3 Å². The molecule has 16 heavy (non-hydrogen) atoms. The van der Waals surface area contributed by atoms with E-state index in [1.807, 2.05) is 13.0 Å². The molecule has 0 aliphatic rings. The zero-order chi connectivity index (χ0) is 12.0. The molecule has 4 heteroatoms. The molecule has 1 amide bonds. The van der Waals surface area contributed by atoms with Crippen LogP contribution in [0.3, 0.4) is 0 Å². The Kier molecular flexibility index (Phi) is 4.49. The highest BCUT2D eigenvalue weighted by Crippen LogP contribution is 2.10. The number of amides is 1. The average molecular weight is 217 g/mol. The van der Waals surface area contributed by atoms with E-state index in [0.717, 1.165) is 0 Å². The third kappa shape index (κ3) is 4.11. The maximum Gasteiger partial charge on any atom is 0.224 e. The fourth-order valence-electron chi connectivity index (χ4n) is 1.25. The summed E-state index contributed by atoms with van der Waals surface area (Å²) in [6, 6.07) is 8.87. The molecule has 1 rings (SSSR count). The molecular weight excluding hydrogens is 202 g/mol. The molecule has 1 aromatic carbocycles. The molecule has 0 saturated heterocycles. The quantitative estimate of drug-likeness (QED) is 0.804. The summed E-state index contributed by atoms with van der Waals surface area (Å²) < 4.78 is 0. The lowest BCUT2D eigenvalue weighted by Crippen LogP contribution is -2.19. The first-order chi connectivity index (χ1) is 7.61. The third-order valence-electron chi connectivity index (χ3n) is 2.10. The van der Waals surface area contributed by atoms with Crippen LogP contribution >= 0.6 is 0 Å². The van der Waals surface area contributed by atoms with E-state index >= 15 is 0 Å². The van der Waals surface area contributed by atoms with E-state index in [1.54, 1.807) is 24.3 Å². The summed E-state index contributed by atoms with van der Waals surface area (Å²) in [6.45, 7) is 1.86. The lowest BCUT2D eigenvalue weighted by atomic mass is 10.2. The van der Waals surface area contributed by atoms with Crippen LogP contribution in [0.2, 0.25) is 0 Å². The number of nitriles is 1. The summed E-state index contributed by atoms with van der Waals surface area (Å²) in [5, 5.41) is 11.4. The van der Waals surface area contributed by atoms with Gasteiger partial charge in [0.25, 0.3) is 0 Å². The lowest BCUT2D eigenvalue weighted by Gasteiger charge is -2.06. The Morgan fingerprint density at radius 1 is 1.62 bits per heavy atom. The molecule has 84 valence electrons. The molecule has 0 aliphatic carbocycles. The number of carbonyl (C=O) groups is 1. The van der Waals surface area contributed by atoms with Crippen LogP contribution in [0.25, 0.3) is 0 Å². The summed E-state index contributed by atoms with van der Waals surface area (Å²) in [7, 11) is 0. The van der Waals surface area contributed by atoms with Crippen molar-refractivity contribution in [3.05, 3.63) is 29.8 Å². The molecule has 0 saturated carbocycles. The smallest absolute Gasteiger partial charge is 0.224 e. The number of carbonyl (C=O) groups excluding carboxylic acids is 1. The highest BCUT2D eigenvalue weighted by molar-refractivity contribution is 5.90. The fourth-order valence-corrected chi connectivity index (χ4v) is 1.25. The van der Waals surface area contributed by atoms with Gasteiger partial charge in [0, 0.05) is 18.2 Å². The number of hydrogen-bond acceptors (Lipinski definition) is 3. The number of rotatable bonds is 4. The van der Waals surface area contributed by atoms with E-state index in [0.29, 0.717) is 24.1 Å². The van der Waals surface area contributed by atoms with Crippen LogP contribution in [0.15, 0.2) is 24.3 Å². The highest BCUT2D eigenvalue weighted by Gasteiger charge is 2.04. The normalized spacial score (nSPS) is 11.6. The molecule has 1 unspecified atom stereocenters. The Morgan fingerprint density at radius 3 is 3.00 bits per heavy atom. The van der Waals surface area contributed by atoms with E-state index in [2.05, 4.69) is 5.32 Å². The van der Waals surface area contributed by atoms with Crippen molar-refractivity contribution >= 4 is 11.6 Å². The summed E-state index contributed by atoms with van der Waals surface area (Å²) >= 11 is 0. The van der Waals surface area contributed by atoms with Gasteiger partial charge in [-0.3, -0.25) is 4.79 Å².